The molecule has 0 bridgehead atoms. The van der Waals surface area contributed by atoms with Crippen molar-refractivity contribution < 1.29 is 14.4 Å². The lowest BCUT2D eigenvalue weighted by atomic mass is 9.89. The van der Waals surface area contributed by atoms with Gasteiger partial charge in [0, 0.05) is 35.7 Å². The zero-order valence-electron chi connectivity index (χ0n) is 18.0. The standard InChI is InChI=1S/C25H30N2O3/c1-16(2)25(30)26-21-11-8-17(3)22(15-21)27-24(29)13-12-23(28)20-10-9-18-6-4-5-7-19(18)14-20/h8-11,14-16H,4-7,12-13H2,1-3H3,(H,26,30)(H,27,29). The van der Waals surface area contributed by atoms with Gasteiger partial charge in [-0.25, -0.2) is 0 Å². The topological polar surface area (TPSA) is 75.3 Å². The van der Waals surface area contributed by atoms with Crippen molar-refractivity contribution in [3.63, 3.8) is 0 Å². The molecule has 5 nitrogen and oxygen atoms in total. The molecule has 30 heavy (non-hydrogen) atoms. The number of fused-ring (bicyclic) bond motifs is 1. The summed E-state index contributed by atoms with van der Waals surface area (Å²) >= 11 is 0. The van der Waals surface area contributed by atoms with E-state index in [2.05, 4.69) is 16.7 Å². The van der Waals surface area contributed by atoms with Gasteiger partial charge in [-0.15, -0.1) is 0 Å². The number of hydrogen-bond acceptors (Lipinski definition) is 3. The SMILES string of the molecule is Cc1ccc(NC(=O)C(C)C)cc1NC(=O)CCC(=O)c1ccc2c(c1)CCCC2. The fourth-order valence-electron chi connectivity index (χ4n) is 3.61. The van der Waals surface area contributed by atoms with Gasteiger partial charge in [0.2, 0.25) is 11.8 Å². The molecule has 158 valence electrons. The normalized spacial score (nSPS) is 12.9. The summed E-state index contributed by atoms with van der Waals surface area (Å²) in [6.45, 7) is 5.54. The molecular weight excluding hydrogens is 376 g/mol. The van der Waals surface area contributed by atoms with E-state index in [-0.39, 0.29) is 36.4 Å². The third-order valence-corrected chi connectivity index (χ3v) is 5.55. The predicted molar refractivity (Wildman–Crippen MR) is 120 cm³/mol. The van der Waals surface area contributed by atoms with Gasteiger partial charge in [0.05, 0.1) is 0 Å². The van der Waals surface area contributed by atoms with E-state index < -0.39 is 0 Å². The molecule has 0 atom stereocenters. The quantitative estimate of drug-likeness (QED) is 0.630. The van der Waals surface area contributed by atoms with Gasteiger partial charge < -0.3 is 10.6 Å². The Morgan fingerprint density at radius 1 is 0.900 bits per heavy atom. The van der Waals surface area contributed by atoms with Crippen LogP contribution in [0.4, 0.5) is 11.4 Å². The summed E-state index contributed by atoms with van der Waals surface area (Å²) < 4.78 is 0. The van der Waals surface area contributed by atoms with Crippen molar-refractivity contribution in [2.24, 2.45) is 5.92 Å². The second-order valence-corrected chi connectivity index (χ2v) is 8.34. The molecule has 0 heterocycles. The van der Waals surface area contributed by atoms with E-state index in [1.54, 1.807) is 6.07 Å². The van der Waals surface area contributed by atoms with E-state index in [9.17, 15) is 14.4 Å². The summed E-state index contributed by atoms with van der Waals surface area (Å²) in [5.41, 5.74) is 5.48. The van der Waals surface area contributed by atoms with E-state index >= 15 is 0 Å². The Morgan fingerprint density at radius 2 is 1.63 bits per heavy atom. The highest BCUT2D eigenvalue weighted by Crippen LogP contribution is 2.24. The molecule has 2 N–H and O–H groups in total. The minimum absolute atomic E-state index is 0.00630. The number of carbonyl (C=O) groups excluding carboxylic acids is 3. The molecule has 5 heteroatoms. The second kappa shape index (κ2) is 9.70. The summed E-state index contributed by atoms with van der Waals surface area (Å²) in [7, 11) is 0. The van der Waals surface area contributed by atoms with Crippen LogP contribution in [0, 0.1) is 12.8 Å². The lowest BCUT2D eigenvalue weighted by Crippen LogP contribution is -2.18. The maximum absolute atomic E-state index is 12.6. The molecule has 2 aromatic carbocycles. The lowest BCUT2D eigenvalue weighted by molar-refractivity contribution is -0.119. The number of aryl methyl sites for hydroxylation is 3. The smallest absolute Gasteiger partial charge is 0.226 e. The van der Waals surface area contributed by atoms with Gasteiger partial charge in [0.15, 0.2) is 5.78 Å². The molecule has 0 radical (unpaired) electrons. The second-order valence-electron chi connectivity index (χ2n) is 8.34. The van der Waals surface area contributed by atoms with Crippen molar-refractivity contribution >= 4 is 29.0 Å². The summed E-state index contributed by atoms with van der Waals surface area (Å²) in [6, 6.07) is 11.4. The number of Topliss-reactive ketones (excluding diaryl/α,β-unsaturated/α-hetero) is 1. The number of carbonyl (C=O) groups is 3. The molecule has 0 aromatic heterocycles. The number of benzene rings is 2. The Morgan fingerprint density at radius 3 is 2.37 bits per heavy atom. The van der Waals surface area contributed by atoms with E-state index in [0.717, 1.165) is 18.4 Å². The molecule has 3 rings (SSSR count). The Bertz CT molecular complexity index is 963. The minimum atomic E-state index is -0.211. The van der Waals surface area contributed by atoms with E-state index in [1.165, 1.54) is 24.0 Å². The number of ketones is 1. The zero-order chi connectivity index (χ0) is 21.7. The van der Waals surface area contributed by atoms with Crippen LogP contribution >= 0.6 is 0 Å². The van der Waals surface area contributed by atoms with Gasteiger partial charge in [-0.05, 0) is 67.5 Å². The molecule has 2 aromatic rings. The van der Waals surface area contributed by atoms with Crippen LogP contribution in [0.1, 0.15) is 66.6 Å². The first-order chi connectivity index (χ1) is 14.3. The highest BCUT2D eigenvalue weighted by atomic mass is 16.2. The monoisotopic (exact) mass is 406 g/mol. The minimum Gasteiger partial charge on any atom is -0.326 e. The summed E-state index contributed by atoms with van der Waals surface area (Å²) in [5.74, 6) is -0.421. The molecule has 2 amide bonds. The molecule has 0 saturated heterocycles. The van der Waals surface area contributed by atoms with Crippen LogP contribution in [-0.4, -0.2) is 17.6 Å². The van der Waals surface area contributed by atoms with Crippen LogP contribution in [0.5, 0.6) is 0 Å². The first kappa shape index (κ1) is 21.8. The van der Waals surface area contributed by atoms with Crippen LogP contribution < -0.4 is 10.6 Å². The Kier molecular flexibility index (Phi) is 7.03. The van der Waals surface area contributed by atoms with E-state index in [1.807, 2.05) is 45.0 Å². The molecule has 0 fully saturated rings. The Balaban J connectivity index is 1.58. The van der Waals surface area contributed by atoms with Gasteiger partial charge in [-0.3, -0.25) is 14.4 Å². The number of amides is 2. The van der Waals surface area contributed by atoms with Crippen molar-refractivity contribution in [1.82, 2.24) is 0 Å². The summed E-state index contributed by atoms with van der Waals surface area (Å²) in [5, 5.41) is 5.70. The molecular formula is C25H30N2O3. The highest BCUT2D eigenvalue weighted by molar-refractivity contribution is 6.00. The first-order valence-electron chi connectivity index (χ1n) is 10.7. The first-order valence-corrected chi connectivity index (χ1v) is 10.7. The fraction of sp³-hybridized carbons (Fsp3) is 0.400. The largest absolute Gasteiger partial charge is 0.326 e. The highest BCUT2D eigenvalue weighted by Gasteiger charge is 2.15. The van der Waals surface area contributed by atoms with Crippen molar-refractivity contribution in [1.29, 1.82) is 0 Å². The molecule has 0 saturated carbocycles. The molecule has 0 spiro atoms. The molecule has 1 aliphatic carbocycles. The lowest BCUT2D eigenvalue weighted by Gasteiger charge is -2.16. The maximum atomic E-state index is 12.6. The average Bonchev–Trinajstić information content (AvgIpc) is 2.73. The third kappa shape index (κ3) is 5.56. The number of nitrogens with one attached hydrogen (secondary N) is 2. The number of hydrogen-bond donors (Lipinski definition) is 2. The van der Waals surface area contributed by atoms with Gasteiger partial charge in [0.1, 0.15) is 0 Å². The van der Waals surface area contributed by atoms with Crippen molar-refractivity contribution in [3.05, 3.63) is 58.7 Å². The van der Waals surface area contributed by atoms with Crippen molar-refractivity contribution in [2.75, 3.05) is 10.6 Å². The molecule has 0 aliphatic heterocycles. The molecule has 0 unspecified atom stereocenters. The zero-order valence-corrected chi connectivity index (χ0v) is 18.0. The summed E-state index contributed by atoms with van der Waals surface area (Å²) in [4.78, 5) is 36.9. The van der Waals surface area contributed by atoms with E-state index in [4.69, 9.17) is 0 Å². The van der Waals surface area contributed by atoms with Crippen molar-refractivity contribution in [3.8, 4) is 0 Å². The van der Waals surface area contributed by atoms with Crippen molar-refractivity contribution in [2.45, 2.75) is 59.3 Å². The third-order valence-electron chi connectivity index (χ3n) is 5.55. The predicted octanol–water partition coefficient (Wildman–Crippen LogP) is 5.07. The van der Waals surface area contributed by atoms with Gasteiger partial charge in [0.25, 0.3) is 0 Å². The summed E-state index contributed by atoms with van der Waals surface area (Å²) in [6.07, 6.45) is 4.79. The van der Waals surface area contributed by atoms with Gasteiger partial charge >= 0.3 is 0 Å². The van der Waals surface area contributed by atoms with E-state index in [0.29, 0.717) is 16.9 Å². The fourth-order valence-corrected chi connectivity index (χ4v) is 3.61. The van der Waals surface area contributed by atoms with Crippen LogP contribution in [0.25, 0.3) is 0 Å². The Labute approximate surface area is 178 Å². The number of anilines is 2. The Hall–Kier alpha value is -2.95. The maximum Gasteiger partial charge on any atom is 0.226 e. The number of rotatable bonds is 7. The average molecular weight is 407 g/mol. The van der Waals surface area contributed by atoms with Gasteiger partial charge in [-0.1, -0.05) is 32.0 Å². The van der Waals surface area contributed by atoms with Crippen LogP contribution in [0.2, 0.25) is 0 Å². The van der Waals surface area contributed by atoms with Crippen LogP contribution in [0.3, 0.4) is 0 Å². The van der Waals surface area contributed by atoms with Crippen LogP contribution in [-0.2, 0) is 22.4 Å². The molecule has 1 aliphatic rings. The van der Waals surface area contributed by atoms with Crippen LogP contribution in [0.15, 0.2) is 36.4 Å². The van der Waals surface area contributed by atoms with Gasteiger partial charge in [-0.2, -0.15) is 0 Å².